The Balaban J connectivity index is 0.00000225. The number of aliphatic hydroxyl groups excluding tert-OH is 1. The first kappa shape index (κ1) is 15.4. The van der Waals surface area contributed by atoms with E-state index in [-0.39, 0.29) is 18.4 Å². The van der Waals surface area contributed by atoms with Gasteiger partial charge in [-0.2, -0.15) is 0 Å². The van der Waals surface area contributed by atoms with Crippen molar-refractivity contribution >= 4 is 12.4 Å². The fourth-order valence-electron chi connectivity index (χ4n) is 1.60. The second kappa shape index (κ2) is 7.66. The molecule has 3 atom stereocenters. The molecule has 0 spiro atoms. The van der Waals surface area contributed by atoms with Crippen molar-refractivity contribution in [1.29, 1.82) is 0 Å². The lowest BCUT2D eigenvalue weighted by Crippen LogP contribution is -2.38. The summed E-state index contributed by atoms with van der Waals surface area (Å²) in [5, 5.41) is 13.4. The number of nitrogens with one attached hydrogen (secondary N) is 1. The van der Waals surface area contributed by atoms with Gasteiger partial charge in [-0.3, -0.25) is 0 Å². The first-order valence-corrected chi connectivity index (χ1v) is 5.64. The van der Waals surface area contributed by atoms with Crippen LogP contribution < -0.4 is 5.32 Å². The van der Waals surface area contributed by atoms with Crippen LogP contribution in [0.25, 0.3) is 0 Å². The van der Waals surface area contributed by atoms with E-state index in [4.69, 9.17) is 0 Å². The molecule has 0 saturated heterocycles. The summed E-state index contributed by atoms with van der Waals surface area (Å²) in [7, 11) is 0. The van der Waals surface area contributed by atoms with E-state index in [1.54, 1.807) is 0 Å². The van der Waals surface area contributed by atoms with E-state index in [1.807, 2.05) is 37.3 Å². The number of benzene rings is 1. The third-order valence-electron chi connectivity index (χ3n) is 2.77. The molecule has 0 unspecified atom stereocenters. The van der Waals surface area contributed by atoms with E-state index in [2.05, 4.69) is 19.2 Å². The molecule has 0 fully saturated rings. The smallest absolute Gasteiger partial charge is 0.0940 e. The molecule has 0 amide bonds. The minimum absolute atomic E-state index is 0. The molecular formula is C13H22ClNO. The molecule has 0 aliphatic carbocycles. The van der Waals surface area contributed by atoms with E-state index in [9.17, 15) is 5.11 Å². The maximum absolute atomic E-state index is 10.1. The zero-order valence-electron chi connectivity index (χ0n) is 10.2. The van der Waals surface area contributed by atoms with E-state index in [0.717, 1.165) is 12.0 Å². The SMILES string of the molecule is CC[C@@H](C)N[C@@H](C)[C@H](O)c1ccccc1.Cl. The second-order valence-corrected chi connectivity index (χ2v) is 4.12. The molecule has 0 radical (unpaired) electrons. The molecule has 3 heteroatoms. The van der Waals surface area contributed by atoms with E-state index in [0.29, 0.717) is 6.04 Å². The summed E-state index contributed by atoms with van der Waals surface area (Å²) in [4.78, 5) is 0. The van der Waals surface area contributed by atoms with Crippen LogP contribution in [0.4, 0.5) is 0 Å². The van der Waals surface area contributed by atoms with Crippen molar-refractivity contribution in [3.05, 3.63) is 35.9 Å². The molecule has 92 valence electrons. The normalized spacial score (nSPS) is 16.0. The summed E-state index contributed by atoms with van der Waals surface area (Å²) in [6.07, 6.45) is 0.645. The van der Waals surface area contributed by atoms with Crippen LogP contribution in [0.1, 0.15) is 38.9 Å². The number of aliphatic hydroxyl groups is 1. The molecule has 1 aromatic carbocycles. The van der Waals surface area contributed by atoms with E-state index in [1.165, 1.54) is 0 Å². The fourth-order valence-corrected chi connectivity index (χ4v) is 1.60. The summed E-state index contributed by atoms with van der Waals surface area (Å²) in [6, 6.07) is 10.3. The Kier molecular flexibility index (Phi) is 7.39. The van der Waals surface area contributed by atoms with Crippen LogP contribution in [0.5, 0.6) is 0 Å². The summed E-state index contributed by atoms with van der Waals surface area (Å²) in [5.41, 5.74) is 0.973. The van der Waals surface area contributed by atoms with Gasteiger partial charge in [-0.25, -0.2) is 0 Å². The van der Waals surface area contributed by atoms with Crippen LogP contribution in [0.15, 0.2) is 30.3 Å². The van der Waals surface area contributed by atoms with Crippen molar-refractivity contribution in [2.24, 2.45) is 0 Å². The van der Waals surface area contributed by atoms with Gasteiger partial charge in [-0.1, -0.05) is 37.3 Å². The van der Waals surface area contributed by atoms with Crippen molar-refractivity contribution in [3.8, 4) is 0 Å². The lowest BCUT2D eigenvalue weighted by Gasteiger charge is -2.24. The molecule has 0 aromatic heterocycles. The fraction of sp³-hybridized carbons (Fsp3) is 0.538. The number of hydrogen-bond donors (Lipinski definition) is 2. The van der Waals surface area contributed by atoms with Gasteiger partial charge in [0.25, 0.3) is 0 Å². The Labute approximate surface area is 104 Å². The van der Waals surface area contributed by atoms with Crippen LogP contribution in [0.3, 0.4) is 0 Å². The highest BCUT2D eigenvalue weighted by Gasteiger charge is 2.16. The average Bonchev–Trinajstić information content (AvgIpc) is 2.29. The quantitative estimate of drug-likeness (QED) is 0.834. The average molecular weight is 244 g/mol. The van der Waals surface area contributed by atoms with Crippen molar-refractivity contribution in [2.75, 3.05) is 0 Å². The molecule has 0 aliphatic heterocycles. The zero-order valence-corrected chi connectivity index (χ0v) is 11.0. The molecule has 0 saturated carbocycles. The Bertz CT molecular complexity index is 279. The molecule has 1 aromatic rings. The predicted molar refractivity (Wildman–Crippen MR) is 71.0 cm³/mol. The number of halogens is 1. The maximum Gasteiger partial charge on any atom is 0.0940 e. The van der Waals surface area contributed by atoms with Gasteiger partial charge >= 0.3 is 0 Å². The van der Waals surface area contributed by atoms with Gasteiger partial charge in [0.15, 0.2) is 0 Å². The third kappa shape index (κ3) is 4.52. The highest BCUT2D eigenvalue weighted by atomic mass is 35.5. The monoisotopic (exact) mass is 243 g/mol. The predicted octanol–water partition coefficient (Wildman–Crippen LogP) is 2.92. The molecule has 0 bridgehead atoms. The topological polar surface area (TPSA) is 32.3 Å². The van der Waals surface area contributed by atoms with Crippen molar-refractivity contribution in [3.63, 3.8) is 0 Å². The molecule has 2 N–H and O–H groups in total. The molecule has 1 rings (SSSR count). The Morgan fingerprint density at radius 3 is 2.25 bits per heavy atom. The Morgan fingerprint density at radius 1 is 1.19 bits per heavy atom. The van der Waals surface area contributed by atoms with E-state index < -0.39 is 6.10 Å². The van der Waals surface area contributed by atoms with Crippen molar-refractivity contribution in [1.82, 2.24) is 5.32 Å². The lowest BCUT2D eigenvalue weighted by atomic mass is 10.0. The van der Waals surface area contributed by atoms with Crippen molar-refractivity contribution in [2.45, 2.75) is 45.4 Å². The van der Waals surface area contributed by atoms with Gasteiger partial charge in [0, 0.05) is 12.1 Å². The Hall–Kier alpha value is -0.570. The minimum atomic E-state index is -0.430. The summed E-state index contributed by atoms with van der Waals surface area (Å²) in [5.74, 6) is 0. The van der Waals surface area contributed by atoms with E-state index >= 15 is 0 Å². The zero-order chi connectivity index (χ0) is 11.3. The van der Waals surface area contributed by atoms with Gasteiger partial charge in [-0.05, 0) is 25.8 Å². The largest absolute Gasteiger partial charge is 0.387 e. The third-order valence-corrected chi connectivity index (χ3v) is 2.77. The van der Waals surface area contributed by atoms with Crippen LogP contribution >= 0.6 is 12.4 Å². The summed E-state index contributed by atoms with van der Waals surface area (Å²) in [6.45, 7) is 6.29. The van der Waals surface area contributed by atoms with Crippen LogP contribution in [-0.4, -0.2) is 17.2 Å². The molecule has 0 aliphatic rings. The highest BCUT2D eigenvalue weighted by Crippen LogP contribution is 2.16. The minimum Gasteiger partial charge on any atom is -0.387 e. The first-order chi connectivity index (χ1) is 7.15. The molecule has 16 heavy (non-hydrogen) atoms. The summed E-state index contributed by atoms with van der Waals surface area (Å²) >= 11 is 0. The maximum atomic E-state index is 10.1. The Morgan fingerprint density at radius 2 is 1.75 bits per heavy atom. The first-order valence-electron chi connectivity index (χ1n) is 5.64. The summed E-state index contributed by atoms with van der Waals surface area (Å²) < 4.78 is 0. The van der Waals surface area contributed by atoms with Crippen molar-refractivity contribution < 1.29 is 5.11 Å². The molecule has 0 heterocycles. The number of hydrogen-bond acceptors (Lipinski definition) is 2. The van der Waals surface area contributed by atoms with Crippen LogP contribution in [-0.2, 0) is 0 Å². The second-order valence-electron chi connectivity index (χ2n) is 4.12. The van der Waals surface area contributed by atoms with Gasteiger partial charge in [0.05, 0.1) is 6.10 Å². The standard InChI is InChI=1S/C13H21NO.ClH/c1-4-10(2)14-11(3)13(15)12-8-6-5-7-9-12;/h5-11,13-15H,4H2,1-3H3;1H/t10-,11+,13+;/m1./s1. The number of rotatable bonds is 5. The molecular weight excluding hydrogens is 222 g/mol. The molecule has 2 nitrogen and oxygen atoms in total. The van der Waals surface area contributed by atoms with Crippen LogP contribution in [0.2, 0.25) is 0 Å². The van der Waals surface area contributed by atoms with Gasteiger partial charge in [0.2, 0.25) is 0 Å². The van der Waals surface area contributed by atoms with Gasteiger partial charge in [0.1, 0.15) is 0 Å². The van der Waals surface area contributed by atoms with Gasteiger partial charge < -0.3 is 10.4 Å². The van der Waals surface area contributed by atoms with Gasteiger partial charge in [-0.15, -0.1) is 12.4 Å². The van der Waals surface area contributed by atoms with Crippen LogP contribution in [0, 0.1) is 0 Å². The lowest BCUT2D eigenvalue weighted by molar-refractivity contribution is 0.130. The highest BCUT2D eigenvalue weighted by molar-refractivity contribution is 5.85.